The predicted octanol–water partition coefficient (Wildman–Crippen LogP) is 5.01. The van der Waals surface area contributed by atoms with Crippen molar-refractivity contribution in [2.75, 3.05) is 17.0 Å². The minimum Gasteiger partial charge on any atom is -0.454 e. The molecule has 0 saturated carbocycles. The Kier molecular flexibility index (Phi) is 4.35. The first-order valence-corrected chi connectivity index (χ1v) is 9.84. The highest BCUT2D eigenvalue weighted by atomic mass is 16.7. The molecule has 2 aliphatic heterocycles. The van der Waals surface area contributed by atoms with Crippen LogP contribution >= 0.6 is 0 Å². The van der Waals surface area contributed by atoms with E-state index in [9.17, 15) is 4.79 Å². The lowest BCUT2D eigenvalue weighted by molar-refractivity contribution is 0.0974. The molecule has 0 radical (unpaired) electrons. The van der Waals surface area contributed by atoms with E-state index < -0.39 is 0 Å². The Morgan fingerprint density at radius 3 is 2.59 bits per heavy atom. The number of nitrogens with zero attached hydrogens (tertiary/aromatic N) is 1. The lowest BCUT2D eigenvalue weighted by Gasteiger charge is -2.39. The van der Waals surface area contributed by atoms with E-state index in [4.69, 9.17) is 9.47 Å². The third-order valence-corrected chi connectivity index (χ3v) is 5.48. The zero-order chi connectivity index (χ0) is 19.8. The van der Waals surface area contributed by atoms with Gasteiger partial charge in [-0.1, -0.05) is 36.4 Å². The number of carbonyl (C=O) groups is 1. The van der Waals surface area contributed by atoms with Gasteiger partial charge in [0.25, 0.3) is 5.91 Å². The summed E-state index contributed by atoms with van der Waals surface area (Å²) in [5.41, 5.74) is 3.65. The van der Waals surface area contributed by atoms with Crippen LogP contribution in [0.4, 0.5) is 11.4 Å². The molecule has 0 fully saturated rings. The van der Waals surface area contributed by atoms with Crippen LogP contribution in [0.3, 0.4) is 0 Å². The van der Waals surface area contributed by atoms with Gasteiger partial charge >= 0.3 is 0 Å². The summed E-state index contributed by atoms with van der Waals surface area (Å²) in [6.07, 6.45) is 0.810. The van der Waals surface area contributed by atoms with Crippen molar-refractivity contribution in [3.05, 3.63) is 83.9 Å². The van der Waals surface area contributed by atoms with Gasteiger partial charge in [-0.05, 0) is 49.2 Å². The minimum atomic E-state index is -0.0875. The van der Waals surface area contributed by atoms with Gasteiger partial charge in [0.15, 0.2) is 11.5 Å². The van der Waals surface area contributed by atoms with Crippen molar-refractivity contribution in [3.63, 3.8) is 0 Å². The fourth-order valence-corrected chi connectivity index (χ4v) is 4.14. The van der Waals surface area contributed by atoms with Gasteiger partial charge in [0, 0.05) is 29.0 Å². The molecule has 146 valence electrons. The first-order chi connectivity index (χ1) is 14.2. The van der Waals surface area contributed by atoms with Crippen molar-refractivity contribution in [1.82, 2.24) is 0 Å². The summed E-state index contributed by atoms with van der Waals surface area (Å²) in [5, 5.41) is 3.53. The third-order valence-electron chi connectivity index (χ3n) is 5.48. The molecule has 0 aromatic heterocycles. The molecule has 5 heteroatoms. The monoisotopic (exact) mass is 386 g/mol. The SMILES string of the molecule is CC1CC(N(C(=O)c2ccccc2)c2ccc3c(c2)OCO3)c2ccccc2N1. The number of ether oxygens (including phenoxy) is 2. The molecule has 1 amide bonds. The Balaban J connectivity index is 1.64. The maximum atomic E-state index is 13.7. The zero-order valence-corrected chi connectivity index (χ0v) is 16.2. The van der Waals surface area contributed by atoms with E-state index in [-0.39, 0.29) is 24.8 Å². The Morgan fingerprint density at radius 1 is 0.966 bits per heavy atom. The molecule has 1 N–H and O–H groups in total. The minimum absolute atomic E-state index is 0.0293. The van der Waals surface area contributed by atoms with Crippen molar-refractivity contribution in [2.45, 2.75) is 25.4 Å². The van der Waals surface area contributed by atoms with Crippen LogP contribution in [0.15, 0.2) is 72.8 Å². The van der Waals surface area contributed by atoms with Gasteiger partial charge in [-0.2, -0.15) is 0 Å². The molecule has 0 aliphatic carbocycles. The van der Waals surface area contributed by atoms with Gasteiger partial charge < -0.3 is 19.7 Å². The molecule has 0 saturated heterocycles. The van der Waals surface area contributed by atoms with Crippen LogP contribution in [0.1, 0.15) is 35.3 Å². The summed E-state index contributed by atoms with van der Waals surface area (Å²) in [4.78, 5) is 15.6. The molecule has 2 heterocycles. The normalized spacial score (nSPS) is 19.2. The fourth-order valence-electron chi connectivity index (χ4n) is 4.14. The van der Waals surface area contributed by atoms with Gasteiger partial charge in [0.1, 0.15) is 0 Å². The van der Waals surface area contributed by atoms with E-state index in [1.165, 1.54) is 0 Å². The molecular formula is C24H22N2O3. The van der Waals surface area contributed by atoms with Gasteiger partial charge in [-0.3, -0.25) is 4.79 Å². The third kappa shape index (κ3) is 3.18. The molecule has 2 aliphatic rings. The second-order valence-electron chi connectivity index (χ2n) is 7.46. The standard InChI is InChI=1S/C24H22N2O3/c1-16-13-21(19-9-5-6-10-20(19)25-16)26(24(27)17-7-3-2-4-8-17)18-11-12-22-23(14-18)29-15-28-22/h2-12,14,16,21,25H,13,15H2,1H3. The molecular weight excluding hydrogens is 364 g/mol. The van der Waals surface area contributed by atoms with Gasteiger partial charge in [-0.25, -0.2) is 0 Å². The molecule has 0 bridgehead atoms. The highest BCUT2D eigenvalue weighted by Crippen LogP contribution is 2.42. The van der Waals surface area contributed by atoms with Crippen LogP contribution in [-0.4, -0.2) is 18.7 Å². The lowest BCUT2D eigenvalue weighted by Crippen LogP contribution is -2.40. The summed E-state index contributed by atoms with van der Waals surface area (Å²) >= 11 is 0. The maximum Gasteiger partial charge on any atom is 0.258 e. The summed E-state index contributed by atoms with van der Waals surface area (Å²) < 4.78 is 11.0. The Labute approximate surface area is 169 Å². The molecule has 2 atom stereocenters. The molecule has 2 unspecified atom stereocenters. The first-order valence-electron chi connectivity index (χ1n) is 9.84. The highest BCUT2D eigenvalue weighted by Gasteiger charge is 2.34. The summed E-state index contributed by atoms with van der Waals surface area (Å²) in [7, 11) is 0. The van der Waals surface area contributed by atoms with Crippen molar-refractivity contribution >= 4 is 17.3 Å². The maximum absolute atomic E-state index is 13.7. The Bertz CT molecular complexity index is 1050. The summed E-state index contributed by atoms with van der Waals surface area (Å²) in [5.74, 6) is 1.35. The van der Waals surface area contributed by atoms with Gasteiger partial charge in [-0.15, -0.1) is 0 Å². The van der Waals surface area contributed by atoms with Crippen LogP contribution in [0.5, 0.6) is 11.5 Å². The number of fused-ring (bicyclic) bond motifs is 2. The number of para-hydroxylation sites is 1. The van der Waals surface area contributed by atoms with E-state index in [1.54, 1.807) is 0 Å². The number of carbonyl (C=O) groups excluding carboxylic acids is 1. The van der Waals surface area contributed by atoms with Crippen molar-refractivity contribution in [2.24, 2.45) is 0 Å². The Hall–Kier alpha value is -3.47. The van der Waals surface area contributed by atoms with Crippen LogP contribution < -0.4 is 19.7 Å². The van der Waals surface area contributed by atoms with Crippen LogP contribution in [-0.2, 0) is 0 Å². The number of hydrogen-bond acceptors (Lipinski definition) is 4. The van der Waals surface area contributed by atoms with E-state index in [0.717, 1.165) is 23.4 Å². The number of nitrogens with one attached hydrogen (secondary N) is 1. The quantitative estimate of drug-likeness (QED) is 0.688. The highest BCUT2D eigenvalue weighted by molar-refractivity contribution is 6.07. The Morgan fingerprint density at radius 2 is 1.72 bits per heavy atom. The average Bonchev–Trinajstić information content (AvgIpc) is 3.22. The fraction of sp³-hybridized carbons (Fsp3) is 0.208. The van der Waals surface area contributed by atoms with Crippen LogP contribution in [0.2, 0.25) is 0 Å². The second kappa shape index (κ2) is 7.17. The van der Waals surface area contributed by atoms with Gasteiger partial charge in [0.05, 0.1) is 6.04 Å². The number of benzene rings is 3. The van der Waals surface area contributed by atoms with E-state index >= 15 is 0 Å². The summed E-state index contributed by atoms with van der Waals surface area (Å²) in [6.45, 7) is 2.35. The number of amides is 1. The number of rotatable bonds is 3. The van der Waals surface area contributed by atoms with E-state index in [0.29, 0.717) is 17.1 Å². The van der Waals surface area contributed by atoms with Crippen molar-refractivity contribution < 1.29 is 14.3 Å². The summed E-state index contributed by atoms with van der Waals surface area (Å²) in [6, 6.07) is 23.5. The second-order valence-corrected chi connectivity index (χ2v) is 7.46. The van der Waals surface area contributed by atoms with Crippen LogP contribution in [0.25, 0.3) is 0 Å². The molecule has 0 spiro atoms. The largest absolute Gasteiger partial charge is 0.454 e. The molecule has 29 heavy (non-hydrogen) atoms. The molecule has 3 aromatic rings. The van der Waals surface area contributed by atoms with Gasteiger partial charge in [0.2, 0.25) is 6.79 Å². The molecule has 5 rings (SSSR count). The number of hydrogen-bond donors (Lipinski definition) is 1. The topological polar surface area (TPSA) is 50.8 Å². The molecule has 5 nitrogen and oxygen atoms in total. The first kappa shape index (κ1) is 17.6. The lowest BCUT2D eigenvalue weighted by atomic mass is 9.91. The molecule has 3 aromatic carbocycles. The van der Waals surface area contributed by atoms with E-state index in [2.05, 4.69) is 24.4 Å². The smallest absolute Gasteiger partial charge is 0.258 e. The van der Waals surface area contributed by atoms with Crippen LogP contribution in [0, 0.1) is 0 Å². The average molecular weight is 386 g/mol. The zero-order valence-electron chi connectivity index (χ0n) is 16.2. The predicted molar refractivity (Wildman–Crippen MR) is 113 cm³/mol. The number of anilines is 2. The van der Waals surface area contributed by atoms with Crippen molar-refractivity contribution in [3.8, 4) is 11.5 Å². The van der Waals surface area contributed by atoms with E-state index in [1.807, 2.05) is 65.6 Å². The van der Waals surface area contributed by atoms with Crippen molar-refractivity contribution in [1.29, 1.82) is 0 Å².